The number of nitrogens with zero attached hydrogens (tertiary/aromatic N) is 4. The number of thiophene rings is 1. The maximum absolute atomic E-state index is 12.8. The highest BCUT2D eigenvalue weighted by Crippen LogP contribution is 2.36. The first-order valence-electron chi connectivity index (χ1n) is 10.7. The van der Waals surface area contributed by atoms with Gasteiger partial charge in [-0.05, 0) is 47.0 Å². The van der Waals surface area contributed by atoms with Crippen LogP contribution in [0.3, 0.4) is 0 Å². The molecule has 2 aromatic heterocycles. The van der Waals surface area contributed by atoms with Crippen LogP contribution in [0.25, 0.3) is 16.8 Å². The number of carbonyl (C=O) groups excluding carboxylic acids is 2. The summed E-state index contributed by atoms with van der Waals surface area (Å²) < 4.78 is 6.85. The number of hydrogen-bond acceptors (Lipinski definition) is 8. The van der Waals surface area contributed by atoms with Gasteiger partial charge < -0.3 is 10.1 Å². The van der Waals surface area contributed by atoms with E-state index in [-0.39, 0.29) is 18.3 Å². The van der Waals surface area contributed by atoms with E-state index in [2.05, 4.69) is 27.8 Å². The predicted molar refractivity (Wildman–Crippen MR) is 134 cm³/mol. The molecule has 0 radical (unpaired) electrons. The number of aryl methyl sites for hydroxylation is 1. The lowest BCUT2D eigenvalue weighted by atomic mass is 10.0. The minimum atomic E-state index is -0.468. The normalized spacial score (nSPS) is 10.8. The van der Waals surface area contributed by atoms with Crippen molar-refractivity contribution in [1.82, 2.24) is 20.2 Å². The predicted octanol–water partition coefficient (Wildman–Crippen LogP) is 4.86. The smallest absolute Gasteiger partial charge is 0.341 e. The number of tetrazole rings is 1. The number of hydrogen-bond donors (Lipinski definition) is 1. The molecule has 2 heterocycles. The van der Waals surface area contributed by atoms with Gasteiger partial charge in [0.05, 0.1) is 18.0 Å². The van der Waals surface area contributed by atoms with Crippen molar-refractivity contribution in [2.24, 2.45) is 0 Å². The summed E-state index contributed by atoms with van der Waals surface area (Å²) in [4.78, 5) is 25.5. The minimum absolute atomic E-state index is 0.0776. The van der Waals surface area contributed by atoms with Crippen LogP contribution in [0.4, 0.5) is 5.00 Å². The van der Waals surface area contributed by atoms with E-state index in [1.807, 2.05) is 60.0 Å². The van der Waals surface area contributed by atoms with Crippen LogP contribution in [0.5, 0.6) is 0 Å². The molecule has 1 N–H and O–H groups in total. The van der Waals surface area contributed by atoms with Crippen molar-refractivity contribution in [1.29, 1.82) is 0 Å². The topological polar surface area (TPSA) is 99.0 Å². The Balaban J connectivity index is 1.48. The molecule has 8 nitrogen and oxygen atoms in total. The molecule has 0 saturated carbocycles. The maximum atomic E-state index is 12.8. The molecule has 0 fully saturated rings. The number of ether oxygens (including phenoxy) is 1. The summed E-state index contributed by atoms with van der Waals surface area (Å²) >= 11 is 2.51. The fourth-order valence-electron chi connectivity index (χ4n) is 3.28. The van der Waals surface area contributed by atoms with Gasteiger partial charge in [-0.1, -0.05) is 61.2 Å². The second-order valence-corrected chi connectivity index (χ2v) is 8.99. The van der Waals surface area contributed by atoms with E-state index in [1.54, 1.807) is 11.6 Å². The Hall–Kier alpha value is -3.50. The van der Waals surface area contributed by atoms with Gasteiger partial charge in [-0.2, -0.15) is 4.68 Å². The Morgan fingerprint density at radius 1 is 1.09 bits per heavy atom. The fourth-order valence-corrected chi connectivity index (χ4v) is 4.95. The van der Waals surface area contributed by atoms with Gasteiger partial charge in [0.15, 0.2) is 0 Å². The summed E-state index contributed by atoms with van der Waals surface area (Å²) in [7, 11) is 0. The first kappa shape index (κ1) is 23.7. The van der Waals surface area contributed by atoms with Gasteiger partial charge in [-0.3, -0.25) is 4.79 Å². The molecular formula is C24H23N5O3S2. The zero-order valence-corrected chi connectivity index (χ0v) is 20.4. The average molecular weight is 494 g/mol. The number of rotatable bonds is 9. The van der Waals surface area contributed by atoms with Crippen molar-refractivity contribution in [3.63, 3.8) is 0 Å². The Morgan fingerprint density at radius 2 is 1.85 bits per heavy atom. The highest BCUT2D eigenvalue weighted by molar-refractivity contribution is 7.99. The number of anilines is 1. The van der Waals surface area contributed by atoms with Gasteiger partial charge in [-0.15, -0.1) is 16.4 Å². The van der Waals surface area contributed by atoms with Gasteiger partial charge in [0.25, 0.3) is 0 Å². The van der Waals surface area contributed by atoms with E-state index in [0.29, 0.717) is 15.7 Å². The lowest BCUT2D eigenvalue weighted by Gasteiger charge is -2.09. The molecule has 0 spiro atoms. The molecule has 0 aliphatic heterocycles. The number of carbonyl (C=O) groups is 2. The van der Waals surface area contributed by atoms with Crippen molar-refractivity contribution < 1.29 is 14.3 Å². The summed E-state index contributed by atoms with van der Waals surface area (Å²) in [6.45, 7) is 4.09. The van der Waals surface area contributed by atoms with Crippen LogP contribution in [0.15, 0.2) is 65.1 Å². The highest BCUT2D eigenvalue weighted by Gasteiger charge is 2.23. The van der Waals surface area contributed by atoms with Gasteiger partial charge in [0.1, 0.15) is 10.6 Å². The molecule has 1 amide bonds. The molecule has 0 atom stereocenters. The zero-order chi connectivity index (χ0) is 23.9. The fraction of sp³-hybridized carbons (Fsp3) is 0.208. The molecule has 2 aromatic carbocycles. The molecule has 0 bridgehead atoms. The van der Waals surface area contributed by atoms with Crippen LogP contribution >= 0.6 is 23.1 Å². The maximum Gasteiger partial charge on any atom is 0.341 e. The zero-order valence-electron chi connectivity index (χ0n) is 18.7. The molecule has 10 heteroatoms. The highest BCUT2D eigenvalue weighted by atomic mass is 32.2. The number of benzene rings is 2. The van der Waals surface area contributed by atoms with Crippen molar-refractivity contribution >= 4 is 40.0 Å². The molecule has 34 heavy (non-hydrogen) atoms. The van der Waals surface area contributed by atoms with E-state index in [4.69, 9.17) is 4.74 Å². The Bertz CT molecular complexity index is 1270. The van der Waals surface area contributed by atoms with Crippen molar-refractivity contribution in [2.45, 2.75) is 25.4 Å². The first-order chi connectivity index (χ1) is 16.6. The first-order valence-corrected chi connectivity index (χ1v) is 12.6. The third-order valence-corrected chi connectivity index (χ3v) is 6.79. The van der Waals surface area contributed by atoms with E-state index in [1.165, 1.54) is 28.7 Å². The largest absolute Gasteiger partial charge is 0.462 e. The lowest BCUT2D eigenvalue weighted by molar-refractivity contribution is -0.113. The Labute approximate surface area is 205 Å². The van der Waals surface area contributed by atoms with Crippen LogP contribution in [-0.4, -0.2) is 44.4 Å². The SMILES string of the molecule is CCOC(=O)c1c(-c2ccccc2)csc1NC(=O)CSc1nnnn1-c1ccc(CC)cc1. The van der Waals surface area contributed by atoms with Gasteiger partial charge in [0.2, 0.25) is 11.1 Å². The second kappa shape index (κ2) is 11.1. The number of nitrogens with one attached hydrogen (secondary N) is 1. The summed E-state index contributed by atoms with van der Waals surface area (Å²) in [5, 5.41) is 17.5. The van der Waals surface area contributed by atoms with Gasteiger partial charge in [-0.25, -0.2) is 4.79 Å². The molecule has 4 aromatic rings. The Kier molecular flexibility index (Phi) is 7.71. The number of amides is 1. The quantitative estimate of drug-likeness (QED) is 0.263. The van der Waals surface area contributed by atoms with Crippen LogP contribution < -0.4 is 5.32 Å². The van der Waals surface area contributed by atoms with Crippen molar-refractivity contribution in [2.75, 3.05) is 17.7 Å². The second-order valence-electron chi connectivity index (χ2n) is 7.17. The van der Waals surface area contributed by atoms with Crippen LogP contribution in [0, 0.1) is 0 Å². The molecular weight excluding hydrogens is 470 g/mol. The standard InChI is InChI=1S/C24H23N5O3S2/c1-3-16-10-12-18(13-11-16)29-24(26-27-28-29)34-15-20(30)25-22-21(23(31)32-4-2)19(14-33-22)17-8-6-5-7-9-17/h5-14H,3-4,15H2,1-2H3,(H,25,30). The summed E-state index contributed by atoms with van der Waals surface area (Å²) in [6, 6.07) is 17.5. The van der Waals surface area contributed by atoms with Crippen molar-refractivity contribution in [3.05, 3.63) is 71.1 Å². The number of esters is 1. The summed E-state index contributed by atoms with van der Waals surface area (Å²) in [5.41, 5.74) is 4.00. The monoisotopic (exact) mass is 493 g/mol. The third kappa shape index (κ3) is 5.35. The van der Waals surface area contributed by atoms with E-state index < -0.39 is 5.97 Å². The summed E-state index contributed by atoms with van der Waals surface area (Å²) in [5.74, 6) is -0.660. The minimum Gasteiger partial charge on any atom is -0.462 e. The molecule has 0 aliphatic carbocycles. The average Bonchev–Trinajstić information content (AvgIpc) is 3.51. The molecule has 0 saturated heterocycles. The van der Waals surface area contributed by atoms with Crippen LogP contribution in [0.1, 0.15) is 29.8 Å². The Morgan fingerprint density at radius 3 is 2.56 bits per heavy atom. The van der Waals surface area contributed by atoms with Crippen LogP contribution in [-0.2, 0) is 16.0 Å². The molecule has 0 unspecified atom stereocenters. The lowest BCUT2D eigenvalue weighted by Crippen LogP contribution is -2.16. The van der Waals surface area contributed by atoms with E-state index >= 15 is 0 Å². The number of aromatic nitrogens is 4. The van der Waals surface area contributed by atoms with E-state index in [0.717, 1.165) is 23.2 Å². The molecule has 4 rings (SSSR count). The van der Waals surface area contributed by atoms with Gasteiger partial charge in [0, 0.05) is 10.9 Å². The van der Waals surface area contributed by atoms with Crippen LogP contribution in [0.2, 0.25) is 0 Å². The van der Waals surface area contributed by atoms with Crippen molar-refractivity contribution in [3.8, 4) is 16.8 Å². The van der Waals surface area contributed by atoms with Gasteiger partial charge >= 0.3 is 5.97 Å². The third-order valence-electron chi connectivity index (χ3n) is 4.97. The molecule has 0 aliphatic rings. The number of thioether (sulfide) groups is 1. The molecule has 174 valence electrons. The van der Waals surface area contributed by atoms with E-state index in [9.17, 15) is 9.59 Å². The summed E-state index contributed by atoms with van der Waals surface area (Å²) in [6.07, 6.45) is 0.945.